The number of aryl methyl sites for hydroxylation is 1. The molecule has 1 atom stereocenters. The van der Waals surface area contributed by atoms with Crippen molar-refractivity contribution in [2.45, 2.75) is 20.3 Å². The molecular weight excluding hydrogens is 202 g/mol. The van der Waals surface area contributed by atoms with E-state index in [0.29, 0.717) is 19.1 Å². The van der Waals surface area contributed by atoms with Crippen LogP contribution < -0.4 is 15.2 Å². The maximum absolute atomic E-state index is 5.67. The zero-order chi connectivity index (χ0) is 12.0. The monoisotopic (exact) mass is 223 g/mol. The maximum atomic E-state index is 5.67. The second-order valence-corrected chi connectivity index (χ2v) is 4.13. The first-order valence-electron chi connectivity index (χ1n) is 5.65. The second kappa shape index (κ2) is 6.38. The van der Waals surface area contributed by atoms with Crippen LogP contribution >= 0.6 is 0 Å². The summed E-state index contributed by atoms with van der Waals surface area (Å²) in [5.41, 5.74) is 6.71. The Hall–Kier alpha value is -1.22. The zero-order valence-electron chi connectivity index (χ0n) is 10.3. The third-order valence-corrected chi connectivity index (χ3v) is 2.59. The van der Waals surface area contributed by atoms with Crippen molar-refractivity contribution in [2.24, 2.45) is 11.7 Å². The summed E-state index contributed by atoms with van der Waals surface area (Å²) < 4.78 is 10.9. The quantitative estimate of drug-likeness (QED) is 0.805. The molecule has 0 bridgehead atoms. The van der Waals surface area contributed by atoms with Crippen LogP contribution in [-0.4, -0.2) is 20.3 Å². The van der Waals surface area contributed by atoms with Crippen LogP contribution in [0.25, 0.3) is 0 Å². The van der Waals surface area contributed by atoms with E-state index in [0.717, 1.165) is 17.9 Å². The Morgan fingerprint density at radius 2 is 2.06 bits per heavy atom. The van der Waals surface area contributed by atoms with Crippen LogP contribution in [0.15, 0.2) is 18.2 Å². The van der Waals surface area contributed by atoms with Gasteiger partial charge in [-0.1, -0.05) is 13.0 Å². The number of ether oxygens (including phenoxy) is 2. The third-order valence-electron chi connectivity index (χ3n) is 2.59. The highest BCUT2D eigenvalue weighted by atomic mass is 16.5. The first-order valence-corrected chi connectivity index (χ1v) is 5.65. The number of rotatable bonds is 6. The molecule has 0 aliphatic carbocycles. The zero-order valence-corrected chi connectivity index (χ0v) is 10.3. The molecule has 0 fully saturated rings. The summed E-state index contributed by atoms with van der Waals surface area (Å²) in [6.07, 6.45) is 0.966. The molecule has 0 heterocycles. The summed E-state index contributed by atoms with van der Waals surface area (Å²) in [4.78, 5) is 0. The summed E-state index contributed by atoms with van der Waals surface area (Å²) in [5.74, 6) is 2.09. The predicted molar refractivity (Wildman–Crippen MR) is 66.1 cm³/mol. The van der Waals surface area contributed by atoms with Crippen molar-refractivity contribution in [1.29, 1.82) is 0 Å². The summed E-state index contributed by atoms with van der Waals surface area (Å²) in [6, 6.07) is 5.94. The molecule has 0 amide bonds. The van der Waals surface area contributed by atoms with Crippen LogP contribution in [0.3, 0.4) is 0 Å². The number of hydrogen-bond donors (Lipinski definition) is 1. The van der Waals surface area contributed by atoms with Crippen molar-refractivity contribution in [1.82, 2.24) is 0 Å². The Morgan fingerprint density at radius 3 is 2.69 bits per heavy atom. The van der Waals surface area contributed by atoms with Gasteiger partial charge < -0.3 is 15.2 Å². The van der Waals surface area contributed by atoms with Gasteiger partial charge >= 0.3 is 0 Å². The largest absolute Gasteiger partial charge is 0.493 e. The molecule has 3 nitrogen and oxygen atoms in total. The SMILES string of the molecule is COc1cc(C)ccc1OCCC(C)CN. The first kappa shape index (κ1) is 12.8. The summed E-state index contributed by atoms with van der Waals surface area (Å²) in [5, 5.41) is 0. The molecule has 1 aromatic carbocycles. The van der Waals surface area contributed by atoms with E-state index >= 15 is 0 Å². The van der Waals surface area contributed by atoms with Gasteiger partial charge in [-0.15, -0.1) is 0 Å². The standard InChI is InChI=1S/C13H21NO2/c1-10-4-5-12(13(8-10)15-3)16-7-6-11(2)9-14/h4-5,8,11H,6-7,9,14H2,1-3H3. The van der Waals surface area contributed by atoms with Gasteiger partial charge in [0.1, 0.15) is 0 Å². The normalized spacial score (nSPS) is 12.2. The van der Waals surface area contributed by atoms with Crippen LogP contribution in [0.1, 0.15) is 18.9 Å². The van der Waals surface area contributed by atoms with Crippen molar-refractivity contribution in [3.8, 4) is 11.5 Å². The fourth-order valence-electron chi connectivity index (χ4n) is 1.38. The molecule has 1 rings (SSSR count). The lowest BCUT2D eigenvalue weighted by Gasteiger charge is -2.13. The van der Waals surface area contributed by atoms with Gasteiger partial charge in [-0.3, -0.25) is 0 Å². The highest BCUT2D eigenvalue weighted by molar-refractivity contribution is 5.42. The number of nitrogens with two attached hydrogens (primary N) is 1. The summed E-state index contributed by atoms with van der Waals surface area (Å²) >= 11 is 0. The van der Waals surface area contributed by atoms with Crippen molar-refractivity contribution in [3.05, 3.63) is 23.8 Å². The van der Waals surface area contributed by atoms with Crippen molar-refractivity contribution < 1.29 is 9.47 Å². The number of benzene rings is 1. The molecule has 1 unspecified atom stereocenters. The third kappa shape index (κ3) is 3.74. The van der Waals surface area contributed by atoms with Crippen molar-refractivity contribution >= 4 is 0 Å². The average Bonchev–Trinajstić information content (AvgIpc) is 2.30. The van der Waals surface area contributed by atoms with Crippen LogP contribution in [0, 0.1) is 12.8 Å². The van der Waals surface area contributed by atoms with E-state index in [9.17, 15) is 0 Å². The van der Waals surface area contributed by atoms with Gasteiger partial charge in [0.05, 0.1) is 13.7 Å². The summed E-state index contributed by atoms with van der Waals surface area (Å²) in [7, 11) is 1.66. The van der Waals surface area contributed by atoms with E-state index in [1.165, 1.54) is 5.56 Å². The average molecular weight is 223 g/mol. The number of hydrogen-bond acceptors (Lipinski definition) is 3. The first-order chi connectivity index (χ1) is 7.67. The minimum Gasteiger partial charge on any atom is -0.493 e. The van der Waals surface area contributed by atoms with E-state index in [2.05, 4.69) is 6.92 Å². The molecule has 0 aliphatic rings. The molecule has 2 N–H and O–H groups in total. The van der Waals surface area contributed by atoms with Crippen LogP contribution in [-0.2, 0) is 0 Å². The number of methoxy groups -OCH3 is 1. The lowest BCUT2D eigenvalue weighted by Crippen LogP contribution is -2.14. The minimum atomic E-state index is 0.497. The van der Waals surface area contributed by atoms with Gasteiger partial charge in [0.15, 0.2) is 11.5 Å². The fraction of sp³-hybridized carbons (Fsp3) is 0.538. The fourth-order valence-corrected chi connectivity index (χ4v) is 1.38. The van der Waals surface area contributed by atoms with Gasteiger partial charge in [-0.2, -0.15) is 0 Å². The van der Waals surface area contributed by atoms with Gasteiger partial charge in [-0.25, -0.2) is 0 Å². The summed E-state index contributed by atoms with van der Waals surface area (Å²) in [6.45, 7) is 5.53. The van der Waals surface area contributed by atoms with Gasteiger partial charge in [0.25, 0.3) is 0 Å². The van der Waals surface area contributed by atoms with Gasteiger partial charge in [0, 0.05) is 0 Å². The Bertz CT molecular complexity index is 326. The lowest BCUT2D eigenvalue weighted by atomic mass is 10.1. The maximum Gasteiger partial charge on any atom is 0.161 e. The molecule has 1 aromatic rings. The lowest BCUT2D eigenvalue weighted by molar-refractivity contribution is 0.270. The molecule has 0 saturated heterocycles. The molecule has 0 saturated carbocycles. The highest BCUT2D eigenvalue weighted by Crippen LogP contribution is 2.27. The minimum absolute atomic E-state index is 0.497. The molecule has 16 heavy (non-hydrogen) atoms. The Kier molecular flexibility index (Phi) is 5.12. The topological polar surface area (TPSA) is 44.5 Å². The van der Waals surface area contributed by atoms with E-state index in [1.54, 1.807) is 7.11 Å². The molecule has 0 aromatic heterocycles. The van der Waals surface area contributed by atoms with E-state index in [4.69, 9.17) is 15.2 Å². The molecule has 90 valence electrons. The van der Waals surface area contributed by atoms with Gasteiger partial charge in [-0.05, 0) is 43.5 Å². The molecule has 0 radical (unpaired) electrons. The van der Waals surface area contributed by atoms with E-state index < -0.39 is 0 Å². The van der Waals surface area contributed by atoms with Crippen molar-refractivity contribution in [3.63, 3.8) is 0 Å². The molecular formula is C13H21NO2. The Balaban J connectivity index is 2.53. The smallest absolute Gasteiger partial charge is 0.161 e. The second-order valence-electron chi connectivity index (χ2n) is 4.13. The molecule has 3 heteroatoms. The van der Waals surface area contributed by atoms with E-state index in [-0.39, 0.29) is 0 Å². The molecule has 0 aliphatic heterocycles. The van der Waals surface area contributed by atoms with Crippen LogP contribution in [0.4, 0.5) is 0 Å². The highest BCUT2D eigenvalue weighted by Gasteiger charge is 2.05. The van der Waals surface area contributed by atoms with E-state index in [1.807, 2.05) is 25.1 Å². The van der Waals surface area contributed by atoms with Crippen LogP contribution in [0.5, 0.6) is 11.5 Å². The van der Waals surface area contributed by atoms with Gasteiger partial charge in [0.2, 0.25) is 0 Å². The van der Waals surface area contributed by atoms with Crippen LogP contribution in [0.2, 0.25) is 0 Å². The predicted octanol–water partition coefficient (Wildman–Crippen LogP) is 2.37. The Labute approximate surface area is 97.6 Å². The van der Waals surface area contributed by atoms with Crippen molar-refractivity contribution in [2.75, 3.05) is 20.3 Å². The molecule has 0 spiro atoms. The Morgan fingerprint density at radius 1 is 1.31 bits per heavy atom.